The lowest BCUT2D eigenvalue weighted by molar-refractivity contribution is 0.256. The highest BCUT2D eigenvalue weighted by Gasteiger charge is 2.16. The Hall–Kier alpha value is -3.35. The van der Waals surface area contributed by atoms with Crippen molar-refractivity contribution in [1.82, 2.24) is 19.2 Å². The van der Waals surface area contributed by atoms with Crippen LogP contribution in [-0.4, -0.2) is 25.8 Å². The van der Waals surface area contributed by atoms with Crippen molar-refractivity contribution in [2.24, 2.45) is 0 Å². The summed E-state index contributed by atoms with van der Waals surface area (Å²) in [5.41, 5.74) is 0.704. The number of rotatable bonds is 7. The Morgan fingerprint density at radius 1 is 0.929 bits per heavy atom. The third-order valence-electron chi connectivity index (χ3n) is 4.56. The molecule has 0 radical (unpaired) electrons. The molecule has 0 aliphatic heterocycles. The van der Waals surface area contributed by atoms with Gasteiger partial charge in [-0.05, 0) is 37.6 Å². The molecule has 2 heterocycles. The van der Waals surface area contributed by atoms with Gasteiger partial charge in [-0.2, -0.15) is 0 Å². The van der Waals surface area contributed by atoms with Gasteiger partial charge in [-0.3, -0.25) is 13.8 Å². The fraction of sp³-hybridized carbons (Fsp3) is 0.286. The van der Waals surface area contributed by atoms with Crippen LogP contribution in [0, 0.1) is 0 Å². The Kier molecular flexibility index (Phi) is 4.97. The van der Waals surface area contributed by atoms with Crippen molar-refractivity contribution >= 4 is 16.7 Å². The lowest BCUT2D eigenvalue weighted by atomic mass is 10.2. The number of aryl methyl sites for hydroxylation is 1. The van der Waals surface area contributed by atoms with Gasteiger partial charge in [-0.25, -0.2) is 0 Å². The van der Waals surface area contributed by atoms with E-state index in [1.807, 2.05) is 59.9 Å². The van der Waals surface area contributed by atoms with E-state index < -0.39 is 0 Å². The number of hydrogen-bond donors (Lipinski definition) is 0. The Bertz CT molecular complexity index is 1180. The number of nitrogens with zero attached hydrogens (tertiary/aromatic N) is 4. The SMILES string of the molecule is CCCOc1ccccc1OCc1nnc2n(CC)c(=O)c3ccccc3n12. The van der Waals surface area contributed by atoms with E-state index in [-0.39, 0.29) is 12.2 Å². The summed E-state index contributed by atoms with van der Waals surface area (Å²) in [4.78, 5) is 12.7. The van der Waals surface area contributed by atoms with Crippen LogP contribution in [0.4, 0.5) is 0 Å². The van der Waals surface area contributed by atoms with Crippen molar-refractivity contribution in [3.63, 3.8) is 0 Å². The number of ether oxygens (including phenoxy) is 2. The first kappa shape index (κ1) is 18.0. The Morgan fingerprint density at radius 2 is 1.64 bits per heavy atom. The van der Waals surface area contributed by atoms with Gasteiger partial charge in [0.15, 0.2) is 17.3 Å². The van der Waals surface area contributed by atoms with Crippen LogP contribution in [-0.2, 0) is 13.2 Å². The predicted octanol–water partition coefficient (Wildman–Crippen LogP) is 3.43. The molecule has 0 N–H and O–H groups in total. The maximum absolute atomic E-state index is 12.7. The molecule has 0 saturated carbocycles. The maximum atomic E-state index is 12.7. The molecule has 7 nitrogen and oxygen atoms in total. The normalized spacial score (nSPS) is 11.2. The minimum Gasteiger partial charge on any atom is -0.490 e. The minimum atomic E-state index is -0.0659. The van der Waals surface area contributed by atoms with Gasteiger partial charge < -0.3 is 9.47 Å². The largest absolute Gasteiger partial charge is 0.490 e. The molecule has 28 heavy (non-hydrogen) atoms. The van der Waals surface area contributed by atoms with Crippen LogP contribution in [0.5, 0.6) is 11.5 Å². The fourth-order valence-corrected chi connectivity index (χ4v) is 3.24. The average molecular weight is 378 g/mol. The van der Waals surface area contributed by atoms with Crippen molar-refractivity contribution < 1.29 is 9.47 Å². The van der Waals surface area contributed by atoms with E-state index in [1.54, 1.807) is 4.57 Å². The predicted molar refractivity (Wildman–Crippen MR) is 107 cm³/mol. The summed E-state index contributed by atoms with van der Waals surface area (Å²) in [5.74, 6) is 2.49. The molecule has 4 aromatic rings. The van der Waals surface area contributed by atoms with E-state index in [4.69, 9.17) is 9.47 Å². The Balaban J connectivity index is 1.75. The molecule has 0 aliphatic rings. The van der Waals surface area contributed by atoms with Crippen LogP contribution in [0.3, 0.4) is 0 Å². The summed E-state index contributed by atoms with van der Waals surface area (Å²) < 4.78 is 15.3. The Labute approximate surface area is 162 Å². The van der Waals surface area contributed by atoms with Crippen molar-refractivity contribution in [3.8, 4) is 11.5 Å². The molecular formula is C21H22N4O3. The molecule has 0 amide bonds. The maximum Gasteiger partial charge on any atom is 0.262 e. The van der Waals surface area contributed by atoms with E-state index in [1.165, 1.54) is 0 Å². The topological polar surface area (TPSA) is 70.7 Å². The molecule has 0 aliphatic carbocycles. The third-order valence-corrected chi connectivity index (χ3v) is 4.56. The quantitative estimate of drug-likeness (QED) is 0.493. The van der Waals surface area contributed by atoms with Gasteiger partial charge in [0.2, 0.25) is 5.78 Å². The molecule has 7 heteroatoms. The molecule has 2 aromatic carbocycles. The zero-order valence-electron chi connectivity index (χ0n) is 16.0. The molecule has 0 bridgehead atoms. The number of para-hydroxylation sites is 3. The highest BCUT2D eigenvalue weighted by atomic mass is 16.5. The van der Waals surface area contributed by atoms with Gasteiger partial charge in [0.25, 0.3) is 5.56 Å². The monoisotopic (exact) mass is 378 g/mol. The number of hydrogen-bond acceptors (Lipinski definition) is 5. The molecule has 0 unspecified atom stereocenters. The second kappa shape index (κ2) is 7.72. The second-order valence-corrected chi connectivity index (χ2v) is 6.40. The molecule has 144 valence electrons. The number of aromatic nitrogens is 4. The zero-order chi connectivity index (χ0) is 19.5. The van der Waals surface area contributed by atoms with Crippen LogP contribution in [0.2, 0.25) is 0 Å². The van der Waals surface area contributed by atoms with Crippen LogP contribution >= 0.6 is 0 Å². The van der Waals surface area contributed by atoms with Gasteiger partial charge in [-0.15, -0.1) is 10.2 Å². The Morgan fingerprint density at radius 3 is 2.39 bits per heavy atom. The highest BCUT2D eigenvalue weighted by Crippen LogP contribution is 2.27. The first-order chi connectivity index (χ1) is 13.7. The number of benzene rings is 2. The molecule has 0 spiro atoms. The smallest absolute Gasteiger partial charge is 0.262 e. The summed E-state index contributed by atoms with van der Waals surface area (Å²) in [6.45, 7) is 5.33. The van der Waals surface area contributed by atoms with Crippen LogP contribution < -0.4 is 15.0 Å². The summed E-state index contributed by atoms with van der Waals surface area (Å²) in [7, 11) is 0. The fourth-order valence-electron chi connectivity index (χ4n) is 3.24. The standard InChI is InChI=1S/C21H22N4O3/c1-3-13-27-17-11-7-8-12-18(17)28-14-19-22-23-21-24(4-2)20(26)15-9-5-6-10-16(15)25(19)21/h5-12H,3-4,13-14H2,1-2H3. The van der Waals surface area contributed by atoms with Gasteiger partial charge in [-0.1, -0.05) is 31.2 Å². The molecule has 0 atom stereocenters. The van der Waals surface area contributed by atoms with Crippen LogP contribution in [0.25, 0.3) is 16.7 Å². The molecule has 2 aromatic heterocycles. The van der Waals surface area contributed by atoms with E-state index in [0.717, 1.165) is 11.9 Å². The van der Waals surface area contributed by atoms with E-state index in [2.05, 4.69) is 17.1 Å². The van der Waals surface area contributed by atoms with Crippen molar-refractivity contribution in [3.05, 3.63) is 64.7 Å². The van der Waals surface area contributed by atoms with Gasteiger partial charge in [0.1, 0.15) is 6.61 Å². The molecular weight excluding hydrogens is 356 g/mol. The first-order valence-electron chi connectivity index (χ1n) is 9.44. The first-order valence-corrected chi connectivity index (χ1v) is 9.44. The minimum absolute atomic E-state index is 0.0659. The number of fused-ring (bicyclic) bond motifs is 3. The summed E-state index contributed by atoms with van der Waals surface area (Å²) in [6.07, 6.45) is 0.920. The lowest BCUT2D eigenvalue weighted by Gasteiger charge is -2.12. The van der Waals surface area contributed by atoms with Crippen LogP contribution in [0.1, 0.15) is 26.1 Å². The van der Waals surface area contributed by atoms with Crippen molar-refractivity contribution in [2.75, 3.05) is 6.61 Å². The summed E-state index contributed by atoms with van der Waals surface area (Å²) in [5, 5.41) is 9.17. The third kappa shape index (κ3) is 3.09. The van der Waals surface area contributed by atoms with Gasteiger partial charge in [0.05, 0.1) is 17.5 Å². The average Bonchev–Trinajstić information content (AvgIpc) is 3.15. The van der Waals surface area contributed by atoms with Gasteiger partial charge >= 0.3 is 0 Å². The van der Waals surface area contributed by atoms with Gasteiger partial charge in [0, 0.05) is 6.54 Å². The second-order valence-electron chi connectivity index (χ2n) is 6.40. The van der Waals surface area contributed by atoms with E-state index >= 15 is 0 Å². The van der Waals surface area contributed by atoms with Crippen molar-refractivity contribution in [2.45, 2.75) is 33.4 Å². The molecule has 0 saturated heterocycles. The summed E-state index contributed by atoms with van der Waals surface area (Å²) >= 11 is 0. The van der Waals surface area contributed by atoms with E-state index in [9.17, 15) is 4.79 Å². The van der Waals surface area contributed by atoms with E-state index in [0.29, 0.717) is 41.6 Å². The molecule has 4 rings (SSSR count). The van der Waals surface area contributed by atoms with Crippen LogP contribution in [0.15, 0.2) is 53.3 Å². The highest BCUT2D eigenvalue weighted by molar-refractivity contribution is 5.80. The molecule has 0 fully saturated rings. The van der Waals surface area contributed by atoms with Crippen molar-refractivity contribution in [1.29, 1.82) is 0 Å². The zero-order valence-corrected chi connectivity index (χ0v) is 16.0. The summed E-state index contributed by atoms with van der Waals surface area (Å²) in [6, 6.07) is 15.0. The lowest BCUT2D eigenvalue weighted by Crippen LogP contribution is -2.22.